The largest absolute Gasteiger partial charge is 0.368 e. The van der Waals surface area contributed by atoms with Crippen LogP contribution in [0.1, 0.15) is 0 Å². The summed E-state index contributed by atoms with van der Waals surface area (Å²) in [5.41, 5.74) is 2.07. The van der Waals surface area contributed by atoms with Crippen molar-refractivity contribution < 1.29 is 36.2 Å². The smallest absolute Gasteiger partial charge is 0.301 e. The second kappa shape index (κ2) is 8.76. The molecule has 0 aromatic rings. The van der Waals surface area contributed by atoms with Gasteiger partial charge in [0.1, 0.15) is 18.2 Å². The SMILES string of the molecule is N#C/C(N=NC1C=C(Cl)C=CC1(O)S(=O)(=O)O)=N\NC1C=C(Cl)C=CC1(O)S(=O)(=O)O. The lowest BCUT2D eigenvalue weighted by molar-refractivity contribution is 0.132. The Bertz CT molecular complexity index is 1200. The average molecular weight is 514 g/mol. The molecule has 0 radical (unpaired) electrons. The zero-order valence-electron chi connectivity index (χ0n) is 14.9. The molecule has 0 aromatic carbocycles. The molecule has 2 aliphatic rings. The molecule has 4 atom stereocenters. The van der Waals surface area contributed by atoms with Crippen LogP contribution in [0.5, 0.6) is 0 Å². The first-order chi connectivity index (χ1) is 14.1. The van der Waals surface area contributed by atoms with Crippen LogP contribution in [0.4, 0.5) is 0 Å². The van der Waals surface area contributed by atoms with Crippen molar-refractivity contribution in [2.45, 2.75) is 21.9 Å². The minimum atomic E-state index is -5.10. The van der Waals surface area contributed by atoms with Gasteiger partial charge < -0.3 is 10.2 Å². The highest BCUT2D eigenvalue weighted by Crippen LogP contribution is 2.30. The lowest BCUT2D eigenvalue weighted by Crippen LogP contribution is -2.53. The van der Waals surface area contributed by atoms with Gasteiger partial charge in [-0.2, -0.15) is 27.2 Å². The molecule has 0 heterocycles. The number of hydrogen-bond acceptors (Lipinski definition) is 10. The lowest BCUT2D eigenvalue weighted by Gasteiger charge is -2.30. The van der Waals surface area contributed by atoms with Gasteiger partial charge in [-0.1, -0.05) is 23.2 Å². The Hall–Kier alpha value is -2.16. The number of allylic oxidation sites excluding steroid dienone is 4. The molecule has 4 unspecified atom stereocenters. The van der Waals surface area contributed by atoms with Crippen LogP contribution >= 0.6 is 23.2 Å². The van der Waals surface area contributed by atoms with Crippen molar-refractivity contribution in [2.24, 2.45) is 15.3 Å². The van der Waals surface area contributed by atoms with Gasteiger partial charge in [0.05, 0.1) is 0 Å². The van der Waals surface area contributed by atoms with Crippen molar-refractivity contribution in [1.29, 1.82) is 5.26 Å². The van der Waals surface area contributed by atoms with Crippen LogP contribution in [0.2, 0.25) is 0 Å². The highest BCUT2D eigenvalue weighted by Gasteiger charge is 2.48. The molecular formula is C14H13Cl2N5O8S2. The number of halogens is 2. The third-order valence-electron chi connectivity index (χ3n) is 3.99. The number of nitriles is 1. The molecule has 2 rings (SSSR count). The van der Waals surface area contributed by atoms with Crippen LogP contribution in [-0.2, 0) is 20.2 Å². The Labute approximate surface area is 185 Å². The fourth-order valence-electron chi connectivity index (χ4n) is 2.31. The molecule has 0 aliphatic heterocycles. The van der Waals surface area contributed by atoms with Crippen molar-refractivity contribution in [3.8, 4) is 6.07 Å². The second-order valence-electron chi connectivity index (χ2n) is 6.04. The highest BCUT2D eigenvalue weighted by atomic mass is 35.5. The molecule has 13 nitrogen and oxygen atoms in total. The zero-order chi connectivity index (χ0) is 23.7. The molecule has 0 spiro atoms. The summed E-state index contributed by atoms with van der Waals surface area (Å²) in [7, 11) is -10.2. The summed E-state index contributed by atoms with van der Waals surface area (Å²) in [6.07, 6.45) is 5.22. The van der Waals surface area contributed by atoms with Gasteiger partial charge in [0.15, 0.2) is 0 Å². The number of azo groups is 1. The van der Waals surface area contributed by atoms with Gasteiger partial charge in [0.25, 0.3) is 5.84 Å². The van der Waals surface area contributed by atoms with Crippen LogP contribution in [0.3, 0.4) is 0 Å². The Morgan fingerprint density at radius 1 is 1.03 bits per heavy atom. The third kappa shape index (κ3) is 5.19. The van der Waals surface area contributed by atoms with Crippen molar-refractivity contribution >= 4 is 49.3 Å². The standard InChI is InChI=1S/C14H13Cl2N5O8S2/c15-8-1-3-13(22,30(24,25)26)10(5-8)18-20-12(7-17)21-19-11-6-9(16)2-4-14(11,23)31(27,28)29/h1-6,10-11,18,22-23H,(H,24,25,26)(H,27,28,29)/b20-12+,21-19?. The van der Waals surface area contributed by atoms with Crippen LogP contribution in [0.15, 0.2) is 61.9 Å². The molecule has 5 N–H and O–H groups in total. The summed E-state index contributed by atoms with van der Waals surface area (Å²) in [6, 6.07) is -2.01. The summed E-state index contributed by atoms with van der Waals surface area (Å²) in [5.74, 6) is -0.825. The first-order valence-electron chi connectivity index (χ1n) is 7.80. The van der Waals surface area contributed by atoms with Crippen molar-refractivity contribution in [3.05, 3.63) is 46.5 Å². The van der Waals surface area contributed by atoms with E-state index in [9.17, 15) is 36.2 Å². The third-order valence-corrected chi connectivity index (χ3v) is 6.91. The number of hydrazone groups is 1. The normalized spacial score (nSPS) is 31.8. The van der Waals surface area contributed by atoms with Gasteiger partial charge in [-0.05, 0) is 36.5 Å². The van der Waals surface area contributed by atoms with E-state index in [2.05, 4.69) is 20.8 Å². The monoisotopic (exact) mass is 513 g/mol. The van der Waals surface area contributed by atoms with E-state index in [1.165, 1.54) is 6.07 Å². The van der Waals surface area contributed by atoms with Gasteiger partial charge in [0, 0.05) is 10.1 Å². The summed E-state index contributed by atoms with van der Waals surface area (Å²) >= 11 is 11.5. The molecule has 0 aromatic heterocycles. The molecular weight excluding hydrogens is 501 g/mol. The minimum Gasteiger partial charge on any atom is -0.368 e. The molecule has 0 fully saturated rings. The van der Waals surface area contributed by atoms with Crippen molar-refractivity contribution in [2.75, 3.05) is 0 Å². The maximum atomic E-state index is 11.5. The molecule has 17 heteroatoms. The number of aliphatic hydroxyl groups is 2. The van der Waals surface area contributed by atoms with E-state index in [1.54, 1.807) is 0 Å². The molecule has 0 bridgehead atoms. The molecule has 0 saturated carbocycles. The maximum absolute atomic E-state index is 11.5. The van der Waals surface area contributed by atoms with Gasteiger partial charge in [-0.3, -0.25) is 14.5 Å². The van der Waals surface area contributed by atoms with Gasteiger partial charge in [0.2, 0.25) is 9.87 Å². The molecule has 31 heavy (non-hydrogen) atoms. The summed E-state index contributed by atoms with van der Waals surface area (Å²) in [5, 5.41) is 39.7. The summed E-state index contributed by atoms with van der Waals surface area (Å²) in [6.45, 7) is 0. The predicted octanol–water partition coefficient (Wildman–Crippen LogP) is 0.140. The van der Waals surface area contributed by atoms with E-state index < -0.39 is 48.0 Å². The average Bonchev–Trinajstić information content (AvgIpc) is 2.65. The van der Waals surface area contributed by atoms with Crippen LogP contribution in [0, 0.1) is 11.3 Å². The van der Waals surface area contributed by atoms with E-state index in [0.29, 0.717) is 12.2 Å². The van der Waals surface area contributed by atoms with Crippen molar-refractivity contribution in [3.63, 3.8) is 0 Å². The summed E-state index contributed by atoms with van der Waals surface area (Å²) < 4.78 is 64.6. The van der Waals surface area contributed by atoms with E-state index in [-0.39, 0.29) is 10.1 Å². The molecule has 2 aliphatic carbocycles. The van der Waals surface area contributed by atoms with Crippen LogP contribution in [0.25, 0.3) is 0 Å². The van der Waals surface area contributed by atoms with E-state index in [0.717, 1.165) is 24.3 Å². The van der Waals surface area contributed by atoms with Gasteiger partial charge >= 0.3 is 20.2 Å². The Morgan fingerprint density at radius 2 is 1.55 bits per heavy atom. The molecule has 0 saturated heterocycles. The van der Waals surface area contributed by atoms with Crippen LogP contribution in [-0.4, -0.2) is 63.9 Å². The first-order valence-corrected chi connectivity index (χ1v) is 11.4. The number of hydrogen-bond donors (Lipinski definition) is 5. The minimum absolute atomic E-state index is 0.0341. The van der Waals surface area contributed by atoms with Crippen molar-refractivity contribution in [1.82, 2.24) is 5.43 Å². The van der Waals surface area contributed by atoms with E-state index >= 15 is 0 Å². The fourth-order valence-corrected chi connectivity index (χ4v) is 4.02. The summed E-state index contributed by atoms with van der Waals surface area (Å²) in [4.78, 5) is -5.82. The highest BCUT2D eigenvalue weighted by molar-refractivity contribution is 7.87. The predicted molar refractivity (Wildman–Crippen MR) is 108 cm³/mol. The zero-order valence-corrected chi connectivity index (χ0v) is 18.0. The topological polar surface area (TPSA) is 222 Å². The fraction of sp³-hybridized carbons (Fsp3) is 0.286. The number of amidine groups is 1. The molecule has 168 valence electrons. The van der Waals surface area contributed by atoms with Crippen LogP contribution < -0.4 is 5.43 Å². The maximum Gasteiger partial charge on any atom is 0.301 e. The lowest BCUT2D eigenvalue weighted by atomic mass is 10.1. The Kier molecular flexibility index (Phi) is 7.10. The number of nitrogens with one attached hydrogen (secondary N) is 1. The number of nitrogens with zero attached hydrogens (tertiary/aromatic N) is 4. The number of rotatable bonds is 5. The first kappa shape index (κ1) is 25.1. The van der Waals surface area contributed by atoms with Gasteiger partial charge in [-0.25, -0.2) is 0 Å². The second-order valence-corrected chi connectivity index (χ2v) is 10.1. The Morgan fingerprint density at radius 3 is 2.06 bits per heavy atom. The Balaban J connectivity index is 2.34. The van der Waals surface area contributed by atoms with E-state index in [1.807, 2.05) is 0 Å². The van der Waals surface area contributed by atoms with E-state index in [4.69, 9.17) is 28.5 Å². The molecule has 0 amide bonds. The van der Waals surface area contributed by atoms with Gasteiger partial charge in [-0.15, -0.1) is 10.2 Å². The quantitative estimate of drug-likeness (QED) is 0.110.